The average Bonchev–Trinajstić information content (AvgIpc) is 2.62. The number of nitrogens with zero attached hydrogens (tertiary/aromatic N) is 3. The zero-order valence-corrected chi connectivity index (χ0v) is 9.21. The maximum Gasteiger partial charge on any atom is 0.171 e. The van der Waals surface area contributed by atoms with Crippen molar-refractivity contribution in [2.75, 3.05) is 0 Å². The van der Waals surface area contributed by atoms with Crippen molar-refractivity contribution in [3.8, 4) is 10.7 Å². The van der Waals surface area contributed by atoms with Crippen LogP contribution in [-0.4, -0.2) is 20.7 Å². The van der Waals surface area contributed by atoms with E-state index < -0.39 is 0 Å². The van der Waals surface area contributed by atoms with Crippen LogP contribution in [0.3, 0.4) is 0 Å². The van der Waals surface area contributed by atoms with Crippen LogP contribution in [0, 0.1) is 6.92 Å². The molecule has 2 aromatic rings. The van der Waals surface area contributed by atoms with Gasteiger partial charge in [0.2, 0.25) is 0 Å². The van der Waals surface area contributed by atoms with Gasteiger partial charge in [0.15, 0.2) is 5.78 Å². The maximum atomic E-state index is 11.2. The fourth-order valence-electron chi connectivity index (χ4n) is 1.24. The van der Waals surface area contributed by atoms with E-state index in [4.69, 9.17) is 0 Å². The first-order chi connectivity index (χ1) is 7.18. The molecule has 4 nitrogen and oxygen atoms in total. The molecule has 0 saturated heterocycles. The second kappa shape index (κ2) is 3.86. The molecule has 0 fully saturated rings. The molecule has 76 valence electrons. The fraction of sp³-hybridized carbons (Fsp3) is 0.200. The number of hydrogen-bond acceptors (Lipinski definition) is 5. The summed E-state index contributed by atoms with van der Waals surface area (Å²) in [7, 11) is 0. The number of aromatic nitrogens is 3. The largest absolute Gasteiger partial charge is 0.294 e. The molecule has 0 spiro atoms. The number of hydrogen-bond donors (Lipinski definition) is 0. The molecule has 0 amide bonds. The van der Waals surface area contributed by atoms with Crippen molar-refractivity contribution >= 4 is 17.1 Å². The van der Waals surface area contributed by atoms with E-state index >= 15 is 0 Å². The van der Waals surface area contributed by atoms with Gasteiger partial charge in [-0.2, -0.15) is 0 Å². The quantitative estimate of drug-likeness (QED) is 0.726. The van der Waals surface area contributed by atoms with Crippen molar-refractivity contribution in [2.24, 2.45) is 0 Å². The summed E-state index contributed by atoms with van der Waals surface area (Å²) in [5, 5.41) is 0.741. The monoisotopic (exact) mass is 219 g/mol. The highest BCUT2D eigenvalue weighted by Crippen LogP contribution is 2.25. The van der Waals surface area contributed by atoms with Crippen LogP contribution in [0.1, 0.15) is 22.3 Å². The normalized spacial score (nSPS) is 10.3. The van der Waals surface area contributed by atoms with E-state index in [1.54, 1.807) is 25.5 Å². The van der Waals surface area contributed by atoms with Gasteiger partial charge in [0.05, 0.1) is 16.8 Å². The Morgan fingerprint density at radius 1 is 1.40 bits per heavy atom. The van der Waals surface area contributed by atoms with Gasteiger partial charge in [0.1, 0.15) is 10.7 Å². The van der Waals surface area contributed by atoms with Crippen LogP contribution in [0.15, 0.2) is 18.6 Å². The highest BCUT2D eigenvalue weighted by Gasteiger charge is 2.13. The van der Waals surface area contributed by atoms with Crippen molar-refractivity contribution in [1.29, 1.82) is 0 Å². The van der Waals surface area contributed by atoms with E-state index in [0.29, 0.717) is 10.6 Å². The second-order valence-corrected chi connectivity index (χ2v) is 4.08. The van der Waals surface area contributed by atoms with Crippen LogP contribution in [0.5, 0.6) is 0 Å². The van der Waals surface area contributed by atoms with Crippen LogP contribution in [0.25, 0.3) is 10.7 Å². The highest BCUT2D eigenvalue weighted by molar-refractivity contribution is 7.17. The zero-order valence-electron chi connectivity index (χ0n) is 8.39. The lowest BCUT2D eigenvalue weighted by Crippen LogP contribution is -1.89. The Morgan fingerprint density at radius 2 is 2.20 bits per heavy atom. The second-order valence-electron chi connectivity index (χ2n) is 3.08. The number of Topliss-reactive ketones (excluding diaryl/α,β-unsaturated/α-hetero) is 1. The van der Waals surface area contributed by atoms with Crippen LogP contribution in [0.2, 0.25) is 0 Å². The molecule has 0 aromatic carbocycles. The van der Waals surface area contributed by atoms with E-state index in [9.17, 15) is 4.79 Å². The van der Waals surface area contributed by atoms with Crippen LogP contribution < -0.4 is 0 Å². The molecular weight excluding hydrogens is 210 g/mol. The van der Waals surface area contributed by atoms with Gasteiger partial charge in [-0.1, -0.05) is 0 Å². The van der Waals surface area contributed by atoms with Crippen LogP contribution in [-0.2, 0) is 0 Å². The molecule has 0 N–H and O–H groups in total. The van der Waals surface area contributed by atoms with E-state index in [-0.39, 0.29) is 5.78 Å². The van der Waals surface area contributed by atoms with Gasteiger partial charge >= 0.3 is 0 Å². The SMILES string of the molecule is CC(=O)c1sc(-c2cnccn2)nc1C. The minimum absolute atomic E-state index is 0.0418. The predicted octanol–water partition coefficient (Wildman–Crippen LogP) is 2.11. The molecule has 0 radical (unpaired) electrons. The summed E-state index contributed by atoms with van der Waals surface area (Å²) in [5.41, 5.74) is 1.46. The number of rotatable bonds is 2. The molecule has 0 aliphatic carbocycles. The molecule has 5 heteroatoms. The van der Waals surface area contributed by atoms with Gasteiger partial charge in [-0.05, 0) is 6.92 Å². The van der Waals surface area contributed by atoms with Gasteiger partial charge in [-0.3, -0.25) is 14.8 Å². The fourth-order valence-corrected chi connectivity index (χ4v) is 2.17. The topological polar surface area (TPSA) is 55.7 Å². The molecule has 0 atom stereocenters. The Hall–Kier alpha value is -1.62. The molecule has 2 heterocycles. The number of aryl methyl sites for hydroxylation is 1. The van der Waals surface area contributed by atoms with E-state index in [0.717, 1.165) is 10.7 Å². The average molecular weight is 219 g/mol. The molecule has 2 aromatic heterocycles. The third-order valence-corrected chi connectivity index (χ3v) is 3.18. The predicted molar refractivity (Wildman–Crippen MR) is 57.9 cm³/mol. The number of ketones is 1. The molecule has 15 heavy (non-hydrogen) atoms. The molecular formula is C10H9N3OS. The summed E-state index contributed by atoms with van der Waals surface area (Å²) >= 11 is 1.36. The Balaban J connectivity index is 2.48. The Labute approximate surface area is 91.0 Å². The van der Waals surface area contributed by atoms with Gasteiger partial charge in [0, 0.05) is 19.3 Å². The smallest absolute Gasteiger partial charge is 0.171 e. The summed E-state index contributed by atoms with van der Waals surface area (Å²) in [6.07, 6.45) is 4.86. The number of thiazole rings is 1. The highest BCUT2D eigenvalue weighted by atomic mass is 32.1. The Bertz CT molecular complexity index is 493. The first-order valence-corrected chi connectivity index (χ1v) is 5.25. The molecule has 0 saturated carbocycles. The zero-order chi connectivity index (χ0) is 10.8. The third kappa shape index (κ3) is 1.92. The lowest BCUT2D eigenvalue weighted by Gasteiger charge is -1.90. The standard InChI is InChI=1S/C10H9N3OS/c1-6-9(7(2)14)15-10(13-6)8-5-11-3-4-12-8/h3-5H,1-2H3. The first-order valence-electron chi connectivity index (χ1n) is 4.43. The number of carbonyl (C=O) groups is 1. The lowest BCUT2D eigenvalue weighted by molar-refractivity contribution is 0.102. The molecule has 0 aliphatic heterocycles. The molecule has 0 aliphatic rings. The summed E-state index contributed by atoms with van der Waals surface area (Å²) in [6.45, 7) is 3.37. The molecule has 0 bridgehead atoms. The van der Waals surface area contributed by atoms with Gasteiger partial charge < -0.3 is 0 Å². The third-order valence-electron chi connectivity index (χ3n) is 1.90. The molecule has 0 unspecified atom stereocenters. The molecule has 2 rings (SSSR count). The van der Waals surface area contributed by atoms with Crippen LogP contribution >= 0.6 is 11.3 Å². The number of carbonyl (C=O) groups excluding carboxylic acids is 1. The minimum Gasteiger partial charge on any atom is -0.294 e. The van der Waals surface area contributed by atoms with Crippen molar-refractivity contribution in [3.63, 3.8) is 0 Å². The summed E-state index contributed by atoms with van der Waals surface area (Å²) < 4.78 is 0. The lowest BCUT2D eigenvalue weighted by atomic mass is 10.3. The van der Waals surface area contributed by atoms with Crippen molar-refractivity contribution in [2.45, 2.75) is 13.8 Å². The van der Waals surface area contributed by atoms with Crippen molar-refractivity contribution in [3.05, 3.63) is 29.2 Å². The van der Waals surface area contributed by atoms with Crippen LogP contribution in [0.4, 0.5) is 0 Å². The van der Waals surface area contributed by atoms with Crippen molar-refractivity contribution < 1.29 is 4.79 Å². The minimum atomic E-state index is 0.0418. The Morgan fingerprint density at radius 3 is 2.73 bits per heavy atom. The summed E-state index contributed by atoms with van der Waals surface area (Å²) in [5.74, 6) is 0.0418. The van der Waals surface area contributed by atoms with Gasteiger partial charge in [0.25, 0.3) is 0 Å². The van der Waals surface area contributed by atoms with E-state index in [1.807, 2.05) is 6.92 Å². The summed E-state index contributed by atoms with van der Waals surface area (Å²) in [6, 6.07) is 0. The maximum absolute atomic E-state index is 11.2. The summed E-state index contributed by atoms with van der Waals surface area (Å²) in [4.78, 5) is 24.3. The van der Waals surface area contributed by atoms with E-state index in [1.165, 1.54) is 11.3 Å². The van der Waals surface area contributed by atoms with Crippen molar-refractivity contribution in [1.82, 2.24) is 15.0 Å². The van der Waals surface area contributed by atoms with Gasteiger partial charge in [-0.25, -0.2) is 4.98 Å². The van der Waals surface area contributed by atoms with Gasteiger partial charge in [-0.15, -0.1) is 11.3 Å². The first kappa shape index (κ1) is 9.92. The van der Waals surface area contributed by atoms with E-state index in [2.05, 4.69) is 15.0 Å². The Kier molecular flexibility index (Phi) is 2.55.